The van der Waals surface area contributed by atoms with E-state index in [1.165, 1.54) is 18.9 Å². The number of nitrogens with zero attached hydrogens (tertiary/aromatic N) is 2. The molecule has 1 aromatic carbocycles. The number of rotatable bonds is 4. The van der Waals surface area contributed by atoms with Crippen molar-refractivity contribution < 1.29 is 19.4 Å². The summed E-state index contributed by atoms with van der Waals surface area (Å²) in [6, 6.07) is 7.93. The zero-order chi connectivity index (χ0) is 15.6. The number of aliphatic hydroxyl groups is 1. The van der Waals surface area contributed by atoms with Gasteiger partial charge in [0.05, 0.1) is 24.8 Å². The summed E-state index contributed by atoms with van der Waals surface area (Å²) in [4.78, 5) is 25.0. The van der Waals surface area contributed by atoms with Crippen LogP contribution in [0.3, 0.4) is 0 Å². The van der Waals surface area contributed by atoms with Gasteiger partial charge >= 0.3 is 0 Å². The van der Waals surface area contributed by atoms with E-state index in [0.29, 0.717) is 11.3 Å². The molecule has 108 valence electrons. The average Bonchev–Trinajstić information content (AvgIpc) is 2.72. The molecule has 0 aliphatic carbocycles. The Morgan fingerprint density at radius 2 is 2.24 bits per heavy atom. The van der Waals surface area contributed by atoms with Gasteiger partial charge in [-0.15, -0.1) is 0 Å². The van der Waals surface area contributed by atoms with Gasteiger partial charge in [0, 0.05) is 0 Å². The van der Waals surface area contributed by atoms with Crippen LogP contribution in [0, 0.1) is 11.3 Å². The van der Waals surface area contributed by atoms with E-state index in [9.17, 15) is 14.7 Å². The fourth-order valence-electron chi connectivity index (χ4n) is 2.41. The molecular weight excluding hydrogens is 272 g/mol. The molecule has 2 rings (SSSR count). The number of hydrogen-bond acceptors (Lipinski definition) is 5. The van der Waals surface area contributed by atoms with Gasteiger partial charge in [-0.05, 0) is 24.6 Å². The molecule has 1 heterocycles. The second kappa shape index (κ2) is 5.67. The van der Waals surface area contributed by atoms with E-state index in [0.717, 1.165) is 0 Å². The number of hydrogen-bond donors (Lipinski definition) is 1. The van der Waals surface area contributed by atoms with Crippen LogP contribution in [0.15, 0.2) is 35.6 Å². The molecule has 0 spiro atoms. The number of amides is 1. The van der Waals surface area contributed by atoms with Gasteiger partial charge in [0.15, 0.2) is 11.5 Å². The van der Waals surface area contributed by atoms with Crippen molar-refractivity contribution >= 4 is 11.7 Å². The molecule has 0 fully saturated rings. The highest BCUT2D eigenvalue weighted by Gasteiger charge is 2.42. The van der Waals surface area contributed by atoms with Crippen molar-refractivity contribution in [2.75, 3.05) is 13.7 Å². The number of nitriles is 1. The van der Waals surface area contributed by atoms with Crippen molar-refractivity contribution in [3.8, 4) is 11.8 Å². The third-order valence-electron chi connectivity index (χ3n) is 3.33. The van der Waals surface area contributed by atoms with E-state index < -0.39 is 23.5 Å². The van der Waals surface area contributed by atoms with Crippen molar-refractivity contribution in [2.45, 2.75) is 13.0 Å². The summed E-state index contributed by atoms with van der Waals surface area (Å²) >= 11 is 0. The highest BCUT2D eigenvalue weighted by molar-refractivity contribution is 6.08. The highest BCUT2D eigenvalue weighted by atomic mass is 16.5. The van der Waals surface area contributed by atoms with Crippen molar-refractivity contribution in [3.05, 3.63) is 41.2 Å². The molecule has 6 heteroatoms. The molecule has 0 unspecified atom stereocenters. The molecule has 0 saturated carbocycles. The predicted molar refractivity (Wildman–Crippen MR) is 73.4 cm³/mol. The lowest BCUT2D eigenvalue weighted by molar-refractivity contribution is -0.128. The Bertz CT molecular complexity index is 672. The zero-order valence-corrected chi connectivity index (χ0v) is 11.7. The van der Waals surface area contributed by atoms with Gasteiger partial charge in [0.1, 0.15) is 12.3 Å². The van der Waals surface area contributed by atoms with Crippen LogP contribution in [0.2, 0.25) is 0 Å². The molecule has 1 aromatic rings. The van der Waals surface area contributed by atoms with Gasteiger partial charge in [0.25, 0.3) is 5.91 Å². The largest absolute Gasteiger partial charge is 0.503 e. The van der Waals surface area contributed by atoms with Crippen LogP contribution in [0.5, 0.6) is 5.75 Å². The number of carbonyl (C=O) groups is 2. The first-order valence-corrected chi connectivity index (χ1v) is 6.27. The van der Waals surface area contributed by atoms with E-state index in [1.54, 1.807) is 24.3 Å². The number of benzene rings is 1. The van der Waals surface area contributed by atoms with E-state index in [-0.39, 0.29) is 12.1 Å². The van der Waals surface area contributed by atoms with Gasteiger partial charge in [-0.2, -0.15) is 5.26 Å². The topological polar surface area (TPSA) is 90.6 Å². The van der Waals surface area contributed by atoms with Gasteiger partial charge in [-0.25, -0.2) is 0 Å². The number of carbonyl (C=O) groups excluding carboxylic acids is 2. The summed E-state index contributed by atoms with van der Waals surface area (Å²) in [5.74, 6) is -1.15. The van der Waals surface area contributed by atoms with Gasteiger partial charge in [0.2, 0.25) is 0 Å². The molecule has 1 amide bonds. The molecule has 1 atom stereocenters. The quantitative estimate of drug-likeness (QED) is 0.847. The molecule has 21 heavy (non-hydrogen) atoms. The summed E-state index contributed by atoms with van der Waals surface area (Å²) in [7, 11) is 1.51. The van der Waals surface area contributed by atoms with Crippen LogP contribution < -0.4 is 4.74 Å². The van der Waals surface area contributed by atoms with Gasteiger partial charge < -0.3 is 14.7 Å². The third kappa shape index (κ3) is 2.46. The maximum atomic E-state index is 12.0. The Balaban J connectivity index is 2.57. The van der Waals surface area contributed by atoms with E-state index >= 15 is 0 Å². The standard InChI is InChI=1S/C15H14N2O4/c1-9(18)12-13(10-4-3-5-11(8-10)21-2)17(7-6-16)15(20)14(12)19/h3-5,8,13,19H,7H2,1-2H3/t13-/m0/s1. The molecule has 0 bridgehead atoms. The molecule has 0 aromatic heterocycles. The van der Waals surface area contributed by atoms with Crippen LogP contribution in [0.1, 0.15) is 18.5 Å². The fourth-order valence-corrected chi connectivity index (χ4v) is 2.41. The maximum Gasteiger partial charge on any atom is 0.290 e. The molecular formula is C15H14N2O4. The summed E-state index contributed by atoms with van der Waals surface area (Å²) in [5.41, 5.74) is 0.607. The number of ketones is 1. The Labute approximate surface area is 121 Å². The number of Topliss-reactive ketones (excluding diaryl/α,β-unsaturated/α-hetero) is 1. The minimum atomic E-state index is -0.773. The number of methoxy groups -OCH3 is 1. The Kier molecular flexibility index (Phi) is 3.94. The van der Waals surface area contributed by atoms with E-state index in [2.05, 4.69) is 0 Å². The van der Waals surface area contributed by atoms with Crippen LogP contribution in [0.4, 0.5) is 0 Å². The Morgan fingerprint density at radius 1 is 1.52 bits per heavy atom. The second-order valence-electron chi connectivity index (χ2n) is 4.59. The summed E-state index contributed by atoms with van der Waals surface area (Å²) in [5, 5.41) is 18.8. The predicted octanol–water partition coefficient (Wildman–Crippen LogP) is 1.50. The van der Waals surface area contributed by atoms with Crippen LogP contribution in [-0.4, -0.2) is 35.4 Å². The molecule has 1 aliphatic heterocycles. The minimum Gasteiger partial charge on any atom is -0.503 e. The van der Waals surface area contributed by atoms with Crippen LogP contribution >= 0.6 is 0 Å². The molecule has 1 aliphatic rings. The van der Waals surface area contributed by atoms with Gasteiger partial charge in [-0.1, -0.05) is 12.1 Å². The first-order chi connectivity index (χ1) is 10.0. The SMILES string of the molecule is COc1cccc([C@H]2C(C(C)=O)=C(O)C(=O)N2CC#N)c1. The summed E-state index contributed by atoms with van der Waals surface area (Å²) < 4.78 is 5.13. The average molecular weight is 286 g/mol. The maximum absolute atomic E-state index is 12.0. The monoisotopic (exact) mass is 286 g/mol. The van der Waals surface area contributed by atoms with Gasteiger partial charge in [-0.3, -0.25) is 9.59 Å². The lowest BCUT2D eigenvalue weighted by Crippen LogP contribution is -2.31. The summed E-state index contributed by atoms with van der Waals surface area (Å²) in [6.07, 6.45) is 0. The van der Waals surface area contributed by atoms with Crippen molar-refractivity contribution in [1.82, 2.24) is 4.90 Å². The molecule has 6 nitrogen and oxygen atoms in total. The van der Waals surface area contributed by atoms with Crippen molar-refractivity contribution in [3.63, 3.8) is 0 Å². The minimum absolute atomic E-state index is 0.00324. The molecule has 0 saturated heterocycles. The number of ether oxygens (including phenoxy) is 1. The normalized spacial score (nSPS) is 17.9. The smallest absolute Gasteiger partial charge is 0.290 e. The first kappa shape index (κ1) is 14.6. The first-order valence-electron chi connectivity index (χ1n) is 6.27. The van der Waals surface area contributed by atoms with Crippen LogP contribution in [0.25, 0.3) is 0 Å². The Hall–Kier alpha value is -2.81. The lowest BCUT2D eigenvalue weighted by Gasteiger charge is -2.24. The number of aliphatic hydroxyl groups excluding tert-OH is 1. The lowest BCUT2D eigenvalue weighted by atomic mass is 9.96. The third-order valence-corrected chi connectivity index (χ3v) is 3.33. The zero-order valence-electron chi connectivity index (χ0n) is 11.7. The van der Waals surface area contributed by atoms with E-state index in [4.69, 9.17) is 10.00 Å². The van der Waals surface area contributed by atoms with Crippen molar-refractivity contribution in [2.24, 2.45) is 0 Å². The fraction of sp³-hybridized carbons (Fsp3) is 0.267. The highest BCUT2D eigenvalue weighted by Crippen LogP contribution is 2.38. The van der Waals surface area contributed by atoms with Crippen molar-refractivity contribution in [1.29, 1.82) is 5.26 Å². The molecule has 1 N–H and O–H groups in total. The molecule has 0 radical (unpaired) electrons. The van der Waals surface area contributed by atoms with E-state index in [1.807, 2.05) is 6.07 Å². The summed E-state index contributed by atoms with van der Waals surface area (Å²) in [6.45, 7) is 1.06. The second-order valence-corrected chi connectivity index (χ2v) is 4.59. The Morgan fingerprint density at radius 3 is 2.81 bits per heavy atom. The van der Waals surface area contributed by atoms with Crippen LogP contribution in [-0.2, 0) is 9.59 Å².